The first-order valence-electron chi connectivity index (χ1n) is 6.47. The normalized spacial score (nSPS) is 11.2. The van der Waals surface area contributed by atoms with Gasteiger partial charge in [-0.3, -0.25) is 0 Å². The van der Waals surface area contributed by atoms with Crippen molar-refractivity contribution in [1.82, 2.24) is 0 Å². The fraction of sp³-hybridized carbons (Fsp3) is 0.222. The lowest BCUT2D eigenvalue weighted by molar-refractivity contribution is 1.14. The summed E-state index contributed by atoms with van der Waals surface area (Å²) in [5.41, 5.74) is 4.68. The van der Waals surface area contributed by atoms with Crippen LogP contribution in [0.25, 0.3) is 6.08 Å². The average molecular weight is 238 g/mol. The van der Waals surface area contributed by atoms with Crippen LogP contribution in [0.5, 0.6) is 0 Å². The van der Waals surface area contributed by atoms with Crippen molar-refractivity contribution in [2.24, 2.45) is 0 Å². The molecule has 0 unspecified atom stereocenters. The lowest BCUT2D eigenvalue weighted by atomic mass is 10.1. The molecular weight excluding hydrogens is 216 g/mol. The Bertz CT molecular complexity index is 455. The summed E-state index contributed by atoms with van der Waals surface area (Å²) in [4.78, 5) is 0. The Morgan fingerprint density at radius 1 is 1.00 bits per heavy atom. The Morgan fingerprint density at radius 3 is 2.22 bits per heavy atom. The van der Waals surface area contributed by atoms with E-state index in [1.807, 2.05) is 18.2 Å². The van der Waals surface area contributed by atoms with Crippen LogP contribution in [0.2, 0.25) is 0 Å². The molecule has 18 heavy (non-hydrogen) atoms. The van der Waals surface area contributed by atoms with Gasteiger partial charge in [0.1, 0.15) is 0 Å². The predicted octanol–water partition coefficient (Wildman–Crippen LogP) is 5.34. The highest BCUT2D eigenvalue weighted by Gasteiger charge is 1.89. The Hall–Kier alpha value is -1.82. The minimum Gasteiger partial charge on any atom is -0.0958 e. The van der Waals surface area contributed by atoms with Gasteiger partial charge in [-0.1, -0.05) is 81.1 Å². The Kier molecular flexibility index (Phi) is 5.93. The molecule has 0 heteroatoms. The third-order valence-electron chi connectivity index (χ3n) is 2.87. The number of allylic oxidation sites excluding steroid dienone is 5. The van der Waals surface area contributed by atoms with E-state index in [1.54, 1.807) is 0 Å². The van der Waals surface area contributed by atoms with Crippen molar-refractivity contribution in [2.45, 2.75) is 26.7 Å². The summed E-state index contributed by atoms with van der Waals surface area (Å²) in [5, 5.41) is 0. The van der Waals surface area contributed by atoms with Crippen LogP contribution in [-0.2, 0) is 6.42 Å². The molecule has 0 fully saturated rings. The van der Waals surface area contributed by atoms with E-state index in [-0.39, 0.29) is 0 Å². The zero-order valence-electron chi connectivity index (χ0n) is 11.4. The second kappa shape index (κ2) is 7.50. The van der Waals surface area contributed by atoms with Gasteiger partial charge < -0.3 is 0 Å². The molecule has 0 aliphatic carbocycles. The first kappa shape index (κ1) is 14.2. The highest BCUT2D eigenvalue weighted by Crippen LogP contribution is 2.09. The SMILES string of the molecule is C=C(/C=C\C(=C)CC)/C=C/c1ccc(CC)cc1. The summed E-state index contributed by atoms with van der Waals surface area (Å²) in [6, 6.07) is 8.60. The van der Waals surface area contributed by atoms with Gasteiger partial charge in [0.2, 0.25) is 0 Å². The van der Waals surface area contributed by atoms with Gasteiger partial charge in [-0.2, -0.15) is 0 Å². The number of hydrogen-bond acceptors (Lipinski definition) is 0. The largest absolute Gasteiger partial charge is 0.0958 e. The van der Waals surface area contributed by atoms with Gasteiger partial charge in [0.05, 0.1) is 0 Å². The van der Waals surface area contributed by atoms with Crippen molar-refractivity contribution >= 4 is 6.08 Å². The zero-order chi connectivity index (χ0) is 13.4. The topological polar surface area (TPSA) is 0 Å². The summed E-state index contributed by atoms with van der Waals surface area (Å²) >= 11 is 0. The molecule has 0 radical (unpaired) electrons. The fourth-order valence-corrected chi connectivity index (χ4v) is 1.47. The molecule has 0 aromatic heterocycles. The highest BCUT2D eigenvalue weighted by atomic mass is 14.0. The van der Waals surface area contributed by atoms with Crippen LogP contribution in [0.15, 0.2) is 66.8 Å². The summed E-state index contributed by atoms with van der Waals surface area (Å²) in [5.74, 6) is 0. The van der Waals surface area contributed by atoms with Gasteiger partial charge in [0, 0.05) is 0 Å². The minimum absolute atomic E-state index is 0.978. The molecule has 0 heterocycles. The van der Waals surface area contributed by atoms with Crippen molar-refractivity contribution in [2.75, 3.05) is 0 Å². The minimum atomic E-state index is 0.978. The van der Waals surface area contributed by atoms with E-state index in [1.165, 1.54) is 11.1 Å². The molecule has 94 valence electrons. The molecule has 0 nitrogen and oxygen atoms in total. The number of rotatable bonds is 6. The van der Waals surface area contributed by atoms with E-state index in [4.69, 9.17) is 0 Å². The van der Waals surface area contributed by atoms with Gasteiger partial charge in [0.25, 0.3) is 0 Å². The smallest absolute Gasteiger partial charge is 0.0256 e. The van der Waals surface area contributed by atoms with Crippen molar-refractivity contribution in [1.29, 1.82) is 0 Å². The summed E-state index contributed by atoms with van der Waals surface area (Å²) < 4.78 is 0. The molecule has 0 aliphatic heterocycles. The molecule has 0 aliphatic rings. The molecule has 0 N–H and O–H groups in total. The third-order valence-corrected chi connectivity index (χ3v) is 2.87. The van der Waals surface area contributed by atoms with Gasteiger partial charge in [-0.25, -0.2) is 0 Å². The number of aryl methyl sites for hydroxylation is 1. The fourth-order valence-electron chi connectivity index (χ4n) is 1.47. The van der Waals surface area contributed by atoms with Gasteiger partial charge in [-0.15, -0.1) is 0 Å². The van der Waals surface area contributed by atoms with Gasteiger partial charge >= 0.3 is 0 Å². The van der Waals surface area contributed by atoms with Crippen LogP contribution >= 0.6 is 0 Å². The Morgan fingerprint density at radius 2 is 1.67 bits per heavy atom. The quantitative estimate of drug-likeness (QED) is 0.587. The maximum absolute atomic E-state index is 4.00. The Balaban J connectivity index is 2.60. The van der Waals surface area contributed by atoms with Gasteiger partial charge in [0.15, 0.2) is 0 Å². The highest BCUT2D eigenvalue weighted by molar-refractivity contribution is 5.54. The van der Waals surface area contributed by atoms with E-state index in [9.17, 15) is 0 Å². The monoisotopic (exact) mass is 238 g/mol. The third kappa shape index (κ3) is 5.01. The van der Waals surface area contributed by atoms with Crippen molar-refractivity contribution in [3.05, 3.63) is 77.9 Å². The van der Waals surface area contributed by atoms with Crippen LogP contribution in [0, 0.1) is 0 Å². The van der Waals surface area contributed by atoms with E-state index in [0.717, 1.165) is 24.0 Å². The zero-order valence-corrected chi connectivity index (χ0v) is 11.4. The van der Waals surface area contributed by atoms with Gasteiger partial charge in [-0.05, 0) is 29.5 Å². The molecule has 0 spiro atoms. The van der Waals surface area contributed by atoms with Crippen molar-refractivity contribution in [3.63, 3.8) is 0 Å². The van der Waals surface area contributed by atoms with E-state index in [2.05, 4.69) is 57.3 Å². The summed E-state index contributed by atoms with van der Waals surface area (Å²) in [6.45, 7) is 12.2. The Labute approximate surface area is 111 Å². The average Bonchev–Trinajstić information content (AvgIpc) is 2.42. The molecule has 0 saturated heterocycles. The van der Waals surface area contributed by atoms with Crippen LogP contribution in [0.3, 0.4) is 0 Å². The predicted molar refractivity (Wildman–Crippen MR) is 82.6 cm³/mol. The number of benzene rings is 1. The summed E-state index contributed by atoms with van der Waals surface area (Å²) in [7, 11) is 0. The van der Waals surface area contributed by atoms with Crippen LogP contribution in [0.1, 0.15) is 31.4 Å². The van der Waals surface area contributed by atoms with Crippen molar-refractivity contribution in [3.8, 4) is 0 Å². The standard InChI is InChI=1S/C18H22/c1-5-15(3)7-8-16(4)9-10-18-13-11-17(6-2)12-14-18/h7-14H,3-6H2,1-2H3/b8-7-,10-9+. The molecule has 0 saturated carbocycles. The van der Waals surface area contributed by atoms with Crippen LogP contribution in [-0.4, -0.2) is 0 Å². The lowest BCUT2D eigenvalue weighted by Gasteiger charge is -1.97. The van der Waals surface area contributed by atoms with Crippen molar-refractivity contribution < 1.29 is 0 Å². The van der Waals surface area contributed by atoms with E-state index in [0.29, 0.717) is 0 Å². The maximum Gasteiger partial charge on any atom is -0.0256 e. The second-order valence-corrected chi connectivity index (χ2v) is 4.35. The molecule has 1 rings (SSSR count). The van der Waals surface area contributed by atoms with E-state index >= 15 is 0 Å². The molecule has 0 bridgehead atoms. The van der Waals surface area contributed by atoms with Crippen LogP contribution < -0.4 is 0 Å². The molecular formula is C18H22. The molecule has 1 aromatic rings. The lowest BCUT2D eigenvalue weighted by Crippen LogP contribution is -1.79. The molecule has 0 amide bonds. The molecule has 1 aromatic carbocycles. The summed E-state index contributed by atoms with van der Waals surface area (Å²) in [6.07, 6.45) is 10.2. The molecule has 0 atom stereocenters. The second-order valence-electron chi connectivity index (χ2n) is 4.35. The number of hydrogen-bond donors (Lipinski definition) is 0. The van der Waals surface area contributed by atoms with E-state index < -0.39 is 0 Å². The van der Waals surface area contributed by atoms with Crippen LogP contribution in [0.4, 0.5) is 0 Å². The first-order chi connectivity index (χ1) is 8.65. The maximum atomic E-state index is 4.00. The first-order valence-corrected chi connectivity index (χ1v) is 6.47.